The predicted octanol–water partition coefficient (Wildman–Crippen LogP) is 3.36. The third-order valence-corrected chi connectivity index (χ3v) is 6.27. The zero-order valence-electron chi connectivity index (χ0n) is 16.7. The molecule has 1 N–H and O–H groups in total. The highest BCUT2D eigenvalue weighted by atomic mass is 19.1. The Labute approximate surface area is 180 Å². The molecule has 1 fully saturated rings. The second-order valence-electron chi connectivity index (χ2n) is 8.05. The number of carbonyl (C=O) groups excluding carboxylic acids is 1. The Bertz CT molecular complexity index is 1290. The lowest BCUT2D eigenvalue weighted by molar-refractivity contribution is 0.0564. The van der Waals surface area contributed by atoms with Gasteiger partial charge in [0.25, 0.3) is 5.91 Å². The van der Waals surface area contributed by atoms with Crippen LogP contribution in [0.1, 0.15) is 46.4 Å². The standard InChI is InChI=1S/C23H18F3N3O3/c24-13-4-1-3-12(9-13)19(15-7-6-14(25)10-16(15)26)20-17-5-2-8-28(17)23(32)21-22(31)18(30)11-27-29(20)21/h1,3-4,6-7,9-11,17,19-20,31H,2,5,8H2/t17-,19-,20-/m1/s1. The lowest BCUT2D eigenvalue weighted by Gasteiger charge is -2.42. The van der Waals surface area contributed by atoms with E-state index in [0.717, 1.165) is 18.3 Å². The van der Waals surface area contributed by atoms with Crippen LogP contribution in [0.25, 0.3) is 0 Å². The van der Waals surface area contributed by atoms with Crippen LogP contribution in [0.2, 0.25) is 0 Å². The number of hydrogen-bond donors (Lipinski definition) is 1. The van der Waals surface area contributed by atoms with Crippen LogP contribution < -0.4 is 5.43 Å². The average Bonchev–Trinajstić information content (AvgIpc) is 3.24. The van der Waals surface area contributed by atoms with E-state index in [1.165, 1.54) is 33.8 Å². The van der Waals surface area contributed by atoms with E-state index in [2.05, 4.69) is 5.10 Å². The SMILES string of the molecule is O=C1c2c(O)c(=O)cnn2[C@@H]([C@H](c2cccc(F)c2)c2ccc(F)cc2F)[C@H]2CCCN12. The third-order valence-electron chi connectivity index (χ3n) is 6.27. The maximum absolute atomic E-state index is 15.0. The van der Waals surface area contributed by atoms with Gasteiger partial charge in [-0.25, -0.2) is 13.2 Å². The van der Waals surface area contributed by atoms with Gasteiger partial charge in [-0.05, 0) is 42.2 Å². The summed E-state index contributed by atoms with van der Waals surface area (Å²) in [6, 6.07) is 7.55. The van der Waals surface area contributed by atoms with Gasteiger partial charge in [-0.1, -0.05) is 18.2 Å². The van der Waals surface area contributed by atoms with Crippen LogP contribution in [0.3, 0.4) is 0 Å². The van der Waals surface area contributed by atoms with Crippen LogP contribution >= 0.6 is 0 Å². The first-order valence-corrected chi connectivity index (χ1v) is 10.2. The van der Waals surface area contributed by atoms with E-state index in [1.807, 2.05) is 0 Å². The molecular weight excluding hydrogens is 423 g/mol. The summed E-state index contributed by atoms with van der Waals surface area (Å²) in [6.45, 7) is 0.393. The van der Waals surface area contributed by atoms with Crippen molar-refractivity contribution in [1.29, 1.82) is 0 Å². The number of carbonyl (C=O) groups is 1. The molecule has 2 aliphatic heterocycles. The van der Waals surface area contributed by atoms with Gasteiger partial charge in [0, 0.05) is 18.5 Å². The minimum absolute atomic E-state index is 0.0918. The van der Waals surface area contributed by atoms with Crippen molar-refractivity contribution < 1.29 is 23.1 Å². The minimum Gasteiger partial charge on any atom is -0.502 e. The number of amides is 1. The van der Waals surface area contributed by atoms with E-state index in [1.54, 1.807) is 6.07 Å². The number of hydrogen-bond acceptors (Lipinski definition) is 4. The van der Waals surface area contributed by atoms with E-state index < -0.39 is 52.5 Å². The molecule has 2 aromatic carbocycles. The van der Waals surface area contributed by atoms with Gasteiger partial charge in [0.2, 0.25) is 5.43 Å². The van der Waals surface area contributed by atoms with Crippen LogP contribution in [0.5, 0.6) is 5.75 Å². The van der Waals surface area contributed by atoms with Crippen LogP contribution in [-0.4, -0.2) is 38.3 Å². The van der Waals surface area contributed by atoms with Gasteiger partial charge < -0.3 is 10.0 Å². The normalized spacial score (nSPS) is 20.7. The molecule has 0 unspecified atom stereocenters. The molecule has 0 spiro atoms. The second-order valence-corrected chi connectivity index (χ2v) is 8.05. The fourth-order valence-electron chi connectivity index (χ4n) is 4.96. The Morgan fingerprint density at radius 2 is 1.84 bits per heavy atom. The molecule has 6 nitrogen and oxygen atoms in total. The molecule has 0 saturated carbocycles. The lowest BCUT2D eigenvalue weighted by atomic mass is 9.79. The maximum atomic E-state index is 15.0. The molecule has 3 heterocycles. The molecule has 0 radical (unpaired) electrons. The van der Waals surface area contributed by atoms with Gasteiger partial charge in [-0.15, -0.1) is 0 Å². The Morgan fingerprint density at radius 1 is 1.06 bits per heavy atom. The molecule has 5 rings (SSSR count). The van der Waals surface area contributed by atoms with E-state index >= 15 is 4.39 Å². The fraction of sp³-hybridized carbons (Fsp3) is 0.261. The Hall–Kier alpha value is -3.62. The summed E-state index contributed by atoms with van der Waals surface area (Å²) < 4.78 is 44.2. The van der Waals surface area contributed by atoms with Crippen molar-refractivity contribution in [1.82, 2.24) is 14.7 Å². The summed E-state index contributed by atoms with van der Waals surface area (Å²) in [5.74, 6) is -4.28. The third kappa shape index (κ3) is 3.07. The molecule has 3 atom stereocenters. The van der Waals surface area contributed by atoms with E-state index in [9.17, 15) is 23.5 Å². The molecule has 9 heteroatoms. The predicted molar refractivity (Wildman–Crippen MR) is 108 cm³/mol. The first-order chi connectivity index (χ1) is 15.4. The Morgan fingerprint density at radius 3 is 2.59 bits per heavy atom. The van der Waals surface area contributed by atoms with Crippen LogP contribution in [0.4, 0.5) is 13.2 Å². The van der Waals surface area contributed by atoms with Crippen LogP contribution in [0, 0.1) is 17.5 Å². The van der Waals surface area contributed by atoms with Crippen LogP contribution in [-0.2, 0) is 0 Å². The summed E-state index contributed by atoms with van der Waals surface area (Å²) >= 11 is 0. The largest absolute Gasteiger partial charge is 0.502 e. The molecule has 0 aliphatic carbocycles. The molecule has 1 aromatic heterocycles. The number of rotatable bonds is 3. The molecule has 2 aliphatic rings. The molecule has 32 heavy (non-hydrogen) atoms. The highest BCUT2D eigenvalue weighted by Crippen LogP contribution is 2.46. The monoisotopic (exact) mass is 441 g/mol. The van der Waals surface area contributed by atoms with E-state index in [-0.39, 0.29) is 11.3 Å². The number of aromatic nitrogens is 2. The van der Waals surface area contributed by atoms with Crippen molar-refractivity contribution in [2.45, 2.75) is 30.8 Å². The number of fused-ring (bicyclic) bond motifs is 2. The fourth-order valence-corrected chi connectivity index (χ4v) is 4.96. The van der Waals surface area contributed by atoms with E-state index in [0.29, 0.717) is 24.9 Å². The molecular formula is C23H18F3N3O3. The van der Waals surface area contributed by atoms with Gasteiger partial charge in [-0.3, -0.25) is 14.3 Å². The minimum atomic E-state index is -0.877. The highest BCUT2D eigenvalue weighted by molar-refractivity contribution is 5.96. The van der Waals surface area contributed by atoms with Crippen molar-refractivity contribution in [3.05, 3.63) is 93.2 Å². The van der Waals surface area contributed by atoms with Gasteiger partial charge in [0.1, 0.15) is 17.5 Å². The Balaban J connectivity index is 1.81. The van der Waals surface area contributed by atoms with Gasteiger partial charge in [-0.2, -0.15) is 5.10 Å². The first kappa shape index (κ1) is 20.3. The van der Waals surface area contributed by atoms with Crippen molar-refractivity contribution in [3.8, 4) is 5.75 Å². The zero-order chi connectivity index (χ0) is 22.6. The maximum Gasteiger partial charge on any atom is 0.276 e. The van der Waals surface area contributed by atoms with Gasteiger partial charge in [0.15, 0.2) is 11.4 Å². The molecule has 1 amide bonds. The second kappa shape index (κ2) is 7.51. The lowest BCUT2D eigenvalue weighted by Crippen LogP contribution is -2.51. The number of aromatic hydroxyl groups is 1. The summed E-state index contributed by atoms with van der Waals surface area (Å²) in [4.78, 5) is 26.6. The zero-order valence-corrected chi connectivity index (χ0v) is 16.7. The van der Waals surface area contributed by atoms with Crippen molar-refractivity contribution in [2.24, 2.45) is 0 Å². The summed E-state index contributed by atoms with van der Waals surface area (Å²) in [6.07, 6.45) is 2.13. The Kier molecular flexibility index (Phi) is 4.76. The summed E-state index contributed by atoms with van der Waals surface area (Å²) in [5.41, 5.74) is -0.609. The molecule has 3 aromatic rings. The number of benzene rings is 2. The van der Waals surface area contributed by atoms with Crippen molar-refractivity contribution >= 4 is 5.91 Å². The average molecular weight is 441 g/mol. The first-order valence-electron chi connectivity index (χ1n) is 10.2. The summed E-state index contributed by atoms with van der Waals surface area (Å²) in [5, 5.41) is 14.5. The molecule has 0 bridgehead atoms. The topological polar surface area (TPSA) is 75.4 Å². The van der Waals surface area contributed by atoms with Crippen molar-refractivity contribution in [3.63, 3.8) is 0 Å². The van der Waals surface area contributed by atoms with Gasteiger partial charge >= 0.3 is 0 Å². The van der Waals surface area contributed by atoms with Gasteiger partial charge in [0.05, 0.1) is 18.3 Å². The summed E-state index contributed by atoms with van der Waals surface area (Å²) in [7, 11) is 0. The highest BCUT2D eigenvalue weighted by Gasteiger charge is 2.48. The smallest absolute Gasteiger partial charge is 0.276 e. The molecule has 1 saturated heterocycles. The molecule has 164 valence electrons. The van der Waals surface area contributed by atoms with Crippen molar-refractivity contribution in [2.75, 3.05) is 6.54 Å². The quantitative estimate of drug-likeness (QED) is 0.677. The number of nitrogens with zero attached hydrogens (tertiary/aromatic N) is 3. The van der Waals surface area contributed by atoms with E-state index in [4.69, 9.17) is 0 Å². The number of halogens is 3. The van der Waals surface area contributed by atoms with Crippen LogP contribution in [0.15, 0.2) is 53.5 Å².